The van der Waals surface area contributed by atoms with Crippen LogP contribution in [0.2, 0.25) is 0 Å². The van der Waals surface area contributed by atoms with Gasteiger partial charge in [0.25, 0.3) is 0 Å². The standard InChI is InChI=1S/C18H36N2O2/c1-7-17(10-11-18(21)22-8-2)20(6)13-9-12-19-16(5)14-15(3)4/h15,17H,7-14H2,1-6H3. The van der Waals surface area contributed by atoms with Crippen molar-refractivity contribution in [2.45, 2.75) is 72.8 Å². The quantitative estimate of drug-likeness (QED) is 0.311. The summed E-state index contributed by atoms with van der Waals surface area (Å²) >= 11 is 0. The first-order valence-electron chi connectivity index (χ1n) is 8.76. The fraction of sp³-hybridized carbons (Fsp3) is 0.889. The maximum Gasteiger partial charge on any atom is 0.305 e. The molecule has 0 aromatic carbocycles. The minimum Gasteiger partial charge on any atom is -0.466 e. The second-order valence-electron chi connectivity index (χ2n) is 6.45. The SMILES string of the molecule is CCOC(=O)CCC(CC)N(C)CCCN=C(C)CC(C)C. The molecule has 1 atom stereocenters. The van der Waals surface area contributed by atoms with Gasteiger partial charge in [0.05, 0.1) is 6.61 Å². The van der Waals surface area contributed by atoms with E-state index in [0.29, 0.717) is 25.0 Å². The van der Waals surface area contributed by atoms with Crippen LogP contribution in [0.15, 0.2) is 4.99 Å². The third-order valence-corrected chi connectivity index (χ3v) is 3.84. The maximum atomic E-state index is 11.5. The summed E-state index contributed by atoms with van der Waals surface area (Å²) in [5.41, 5.74) is 1.26. The molecule has 0 heterocycles. The molecule has 0 saturated heterocycles. The molecule has 0 spiro atoms. The molecule has 0 aromatic heterocycles. The first kappa shape index (κ1) is 21.1. The van der Waals surface area contributed by atoms with Gasteiger partial charge in [-0.25, -0.2) is 0 Å². The van der Waals surface area contributed by atoms with Crippen LogP contribution in [-0.4, -0.2) is 49.4 Å². The van der Waals surface area contributed by atoms with E-state index in [2.05, 4.69) is 44.6 Å². The number of aliphatic imine (C=N–C) groups is 1. The average molecular weight is 312 g/mol. The fourth-order valence-electron chi connectivity index (χ4n) is 2.68. The highest BCUT2D eigenvalue weighted by atomic mass is 16.5. The Hall–Kier alpha value is -0.900. The van der Waals surface area contributed by atoms with Gasteiger partial charge < -0.3 is 9.64 Å². The van der Waals surface area contributed by atoms with Crippen LogP contribution < -0.4 is 0 Å². The predicted molar refractivity (Wildman–Crippen MR) is 94.6 cm³/mol. The van der Waals surface area contributed by atoms with E-state index < -0.39 is 0 Å². The Morgan fingerprint density at radius 3 is 2.50 bits per heavy atom. The lowest BCUT2D eigenvalue weighted by Gasteiger charge is -2.26. The third-order valence-electron chi connectivity index (χ3n) is 3.84. The van der Waals surface area contributed by atoms with Crippen LogP contribution in [0.4, 0.5) is 0 Å². The van der Waals surface area contributed by atoms with E-state index in [1.54, 1.807) is 0 Å². The molecule has 0 aliphatic carbocycles. The lowest BCUT2D eigenvalue weighted by Crippen LogP contribution is -2.33. The summed E-state index contributed by atoms with van der Waals surface area (Å²) in [5, 5.41) is 0. The molecule has 0 radical (unpaired) electrons. The van der Waals surface area contributed by atoms with Crippen molar-refractivity contribution in [3.05, 3.63) is 0 Å². The van der Waals surface area contributed by atoms with Crippen molar-refractivity contribution >= 4 is 11.7 Å². The summed E-state index contributed by atoms with van der Waals surface area (Å²) in [5.74, 6) is 0.599. The van der Waals surface area contributed by atoms with E-state index in [1.807, 2.05) is 6.92 Å². The van der Waals surface area contributed by atoms with Crippen LogP contribution in [0.3, 0.4) is 0 Å². The van der Waals surface area contributed by atoms with E-state index in [0.717, 1.165) is 38.8 Å². The fourth-order valence-corrected chi connectivity index (χ4v) is 2.68. The normalized spacial score (nSPS) is 13.7. The van der Waals surface area contributed by atoms with E-state index in [1.165, 1.54) is 5.71 Å². The molecule has 0 rings (SSSR count). The largest absolute Gasteiger partial charge is 0.466 e. The maximum absolute atomic E-state index is 11.5. The van der Waals surface area contributed by atoms with Crippen molar-refractivity contribution in [3.63, 3.8) is 0 Å². The van der Waals surface area contributed by atoms with Gasteiger partial charge in [-0.1, -0.05) is 20.8 Å². The van der Waals surface area contributed by atoms with Crippen LogP contribution in [0.25, 0.3) is 0 Å². The monoisotopic (exact) mass is 312 g/mol. The number of ether oxygens (including phenoxy) is 1. The van der Waals surface area contributed by atoms with Crippen LogP contribution in [0.1, 0.15) is 66.7 Å². The molecule has 0 aromatic rings. The van der Waals surface area contributed by atoms with Gasteiger partial charge in [0.2, 0.25) is 0 Å². The Kier molecular flexibility index (Phi) is 12.1. The Bertz CT molecular complexity index is 327. The first-order valence-corrected chi connectivity index (χ1v) is 8.76. The van der Waals surface area contributed by atoms with Gasteiger partial charge in [-0.3, -0.25) is 9.79 Å². The lowest BCUT2D eigenvalue weighted by molar-refractivity contribution is -0.143. The van der Waals surface area contributed by atoms with Crippen molar-refractivity contribution in [2.75, 3.05) is 26.7 Å². The molecule has 0 saturated carbocycles. The molecular formula is C18H36N2O2. The highest BCUT2D eigenvalue weighted by Crippen LogP contribution is 2.11. The van der Waals surface area contributed by atoms with Crippen molar-refractivity contribution in [1.82, 2.24) is 4.90 Å². The van der Waals surface area contributed by atoms with Crippen molar-refractivity contribution in [1.29, 1.82) is 0 Å². The predicted octanol–water partition coefficient (Wildman–Crippen LogP) is 3.94. The van der Waals surface area contributed by atoms with Crippen molar-refractivity contribution in [2.24, 2.45) is 10.9 Å². The minimum atomic E-state index is -0.0803. The van der Waals surface area contributed by atoms with Gasteiger partial charge in [0.15, 0.2) is 0 Å². The van der Waals surface area contributed by atoms with Crippen LogP contribution in [0.5, 0.6) is 0 Å². The zero-order chi connectivity index (χ0) is 17.0. The Balaban J connectivity index is 4.00. The number of nitrogens with zero attached hydrogens (tertiary/aromatic N) is 2. The second-order valence-corrected chi connectivity index (χ2v) is 6.45. The summed E-state index contributed by atoms with van der Waals surface area (Å²) in [6, 6.07) is 0.449. The van der Waals surface area contributed by atoms with E-state index in [4.69, 9.17) is 4.74 Å². The minimum absolute atomic E-state index is 0.0803. The summed E-state index contributed by atoms with van der Waals surface area (Å²) in [7, 11) is 2.14. The Labute approximate surface area is 137 Å². The van der Waals surface area contributed by atoms with E-state index in [-0.39, 0.29) is 5.97 Å². The summed E-state index contributed by atoms with van der Waals surface area (Å²) < 4.78 is 5.00. The van der Waals surface area contributed by atoms with Gasteiger partial charge in [-0.05, 0) is 59.0 Å². The van der Waals surface area contributed by atoms with Crippen LogP contribution in [-0.2, 0) is 9.53 Å². The summed E-state index contributed by atoms with van der Waals surface area (Å²) in [6.45, 7) is 13.0. The van der Waals surface area contributed by atoms with Gasteiger partial charge in [0, 0.05) is 24.7 Å². The second kappa shape index (κ2) is 12.6. The highest BCUT2D eigenvalue weighted by molar-refractivity contribution is 5.82. The van der Waals surface area contributed by atoms with Gasteiger partial charge in [0.1, 0.15) is 0 Å². The average Bonchev–Trinajstić information content (AvgIpc) is 2.43. The summed E-state index contributed by atoms with van der Waals surface area (Å²) in [4.78, 5) is 18.4. The van der Waals surface area contributed by atoms with Gasteiger partial charge >= 0.3 is 5.97 Å². The smallest absolute Gasteiger partial charge is 0.305 e. The van der Waals surface area contributed by atoms with E-state index >= 15 is 0 Å². The number of esters is 1. The van der Waals surface area contributed by atoms with Crippen molar-refractivity contribution in [3.8, 4) is 0 Å². The molecule has 0 N–H and O–H groups in total. The third kappa shape index (κ3) is 10.8. The number of hydrogen-bond donors (Lipinski definition) is 0. The summed E-state index contributed by atoms with van der Waals surface area (Å²) in [6.07, 6.45) is 4.62. The van der Waals surface area contributed by atoms with Crippen molar-refractivity contribution < 1.29 is 9.53 Å². The number of hydrogen-bond acceptors (Lipinski definition) is 4. The highest BCUT2D eigenvalue weighted by Gasteiger charge is 2.14. The topological polar surface area (TPSA) is 41.9 Å². The molecule has 4 nitrogen and oxygen atoms in total. The molecule has 130 valence electrons. The molecule has 0 aliphatic rings. The number of rotatable bonds is 12. The molecule has 22 heavy (non-hydrogen) atoms. The van der Waals surface area contributed by atoms with E-state index in [9.17, 15) is 4.79 Å². The molecule has 0 aliphatic heterocycles. The van der Waals surface area contributed by atoms with Gasteiger partial charge in [-0.15, -0.1) is 0 Å². The molecular weight excluding hydrogens is 276 g/mol. The lowest BCUT2D eigenvalue weighted by atomic mass is 10.1. The zero-order valence-electron chi connectivity index (χ0n) is 15.5. The van der Waals surface area contributed by atoms with Crippen LogP contribution in [0, 0.1) is 5.92 Å². The molecule has 1 unspecified atom stereocenters. The molecule has 0 amide bonds. The first-order chi connectivity index (χ1) is 10.4. The molecule has 0 fully saturated rings. The number of carbonyl (C=O) groups excluding carboxylic acids is 1. The zero-order valence-corrected chi connectivity index (χ0v) is 15.5. The number of carbonyl (C=O) groups is 1. The van der Waals surface area contributed by atoms with Gasteiger partial charge in [-0.2, -0.15) is 0 Å². The Morgan fingerprint density at radius 1 is 1.27 bits per heavy atom. The molecule has 4 heteroatoms. The molecule has 0 bridgehead atoms. The Morgan fingerprint density at radius 2 is 1.95 bits per heavy atom. The van der Waals surface area contributed by atoms with Crippen LogP contribution >= 0.6 is 0 Å².